The predicted molar refractivity (Wildman–Crippen MR) is 77.2 cm³/mol. The molecule has 1 aromatic carbocycles. The number of hydrogen-bond acceptors (Lipinski definition) is 2. The molecule has 0 aliphatic carbocycles. The van der Waals surface area contributed by atoms with Gasteiger partial charge in [-0.25, -0.2) is 0 Å². The molecule has 1 aromatic heterocycles. The van der Waals surface area contributed by atoms with Crippen molar-refractivity contribution >= 4 is 17.3 Å². The number of rotatable bonds is 3. The van der Waals surface area contributed by atoms with Crippen molar-refractivity contribution in [3.05, 3.63) is 57.9 Å². The number of aryl methyl sites for hydroxylation is 3. The van der Waals surface area contributed by atoms with Crippen LogP contribution in [0.15, 0.2) is 30.6 Å². The predicted octanol–water partition coefficient (Wildman–Crippen LogP) is 4.27. The van der Waals surface area contributed by atoms with Crippen LogP contribution in [0.4, 0.5) is 5.69 Å². The van der Waals surface area contributed by atoms with E-state index in [0.717, 1.165) is 12.2 Å². The van der Waals surface area contributed by atoms with E-state index in [4.69, 9.17) is 11.6 Å². The minimum Gasteiger partial charge on any atom is -0.378 e. The molecule has 0 unspecified atom stereocenters. The molecule has 0 amide bonds. The van der Waals surface area contributed by atoms with Crippen LogP contribution >= 0.6 is 11.6 Å². The quantitative estimate of drug-likeness (QED) is 0.891. The van der Waals surface area contributed by atoms with E-state index in [2.05, 4.69) is 43.2 Å². The first-order valence-electron chi connectivity index (χ1n) is 5.98. The molecule has 1 N–H and O–H groups in total. The summed E-state index contributed by atoms with van der Waals surface area (Å²) in [6.45, 7) is 7.17. The molecular weight excluding hydrogens is 244 g/mol. The van der Waals surface area contributed by atoms with E-state index in [0.29, 0.717) is 5.02 Å². The average Bonchev–Trinajstić information content (AvgIpc) is 2.30. The highest BCUT2D eigenvalue weighted by atomic mass is 35.5. The van der Waals surface area contributed by atoms with Crippen molar-refractivity contribution in [1.82, 2.24) is 4.98 Å². The fraction of sp³-hybridized carbons (Fsp3) is 0.267. The standard InChI is InChI=1S/C15H17ClN2/c1-10-6-11(2)13(12(3)7-10)8-18-15-9-17-5-4-14(15)16/h4-7,9,18H,8H2,1-3H3. The molecular formula is C15H17ClN2. The molecule has 1 heterocycles. The van der Waals surface area contributed by atoms with Gasteiger partial charge in [-0.2, -0.15) is 0 Å². The van der Waals surface area contributed by atoms with Gasteiger partial charge in [0.1, 0.15) is 0 Å². The van der Waals surface area contributed by atoms with Gasteiger partial charge in [-0.15, -0.1) is 0 Å². The van der Waals surface area contributed by atoms with Gasteiger partial charge in [0.05, 0.1) is 16.9 Å². The van der Waals surface area contributed by atoms with E-state index >= 15 is 0 Å². The van der Waals surface area contributed by atoms with E-state index in [1.807, 2.05) is 0 Å². The Hall–Kier alpha value is -1.54. The van der Waals surface area contributed by atoms with Crippen molar-refractivity contribution in [2.24, 2.45) is 0 Å². The second kappa shape index (κ2) is 5.40. The van der Waals surface area contributed by atoms with Crippen molar-refractivity contribution in [3.8, 4) is 0 Å². The maximum atomic E-state index is 6.09. The summed E-state index contributed by atoms with van der Waals surface area (Å²) in [7, 11) is 0. The molecule has 0 aliphatic rings. The number of benzene rings is 1. The third kappa shape index (κ3) is 2.82. The molecule has 0 radical (unpaired) electrons. The Morgan fingerprint density at radius 1 is 1.17 bits per heavy atom. The minimum atomic E-state index is 0.701. The van der Waals surface area contributed by atoms with Crippen molar-refractivity contribution in [2.45, 2.75) is 27.3 Å². The lowest BCUT2D eigenvalue weighted by Crippen LogP contribution is -2.04. The highest BCUT2D eigenvalue weighted by Gasteiger charge is 2.05. The first-order chi connectivity index (χ1) is 8.58. The molecule has 0 spiro atoms. The Kier molecular flexibility index (Phi) is 3.87. The van der Waals surface area contributed by atoms with Gasteiger partial charge < -0.3 is 5.32 Å². The van der Waals surface area contributed by atoms with Crippen molar-refractivity contribution in [2.75, 3.05) is 5.32 Å². The SMILES string of the molecule is Cc1cc(C)c(CNc2cnccc2Cl)c(C)c1. The van der Waals surface area contributed by atoms with Gasteiger partial charge in [0.2, 0.25) is 0 Å². The number of halogens is 1. The zero-order chi connectivity index (χ0) is 13.1. The van der Waals surface area contributed by atoms with Crippen LogP contribution in [0.1, 0.15) is 22.3 Å². The summed E-state index contributed by atoms with van der Waals surface area (Å²) in [6, 6.07) is 6.20. The van der Waals surface area contributed by atoms with Crippen LogP contribution in [-0.4, -0.2) is 4.98 Å². The molecule has 0 saturated carbocycles. The monoisotopic (exact) mass is 260 g/mol. The summed E-state index contributed by atoms with van der Waals surface area (Å²) in [5, 5.41) is 4.04. The third-order valence-electron chi connectivity index (χ3n) is 3.06. The largest absolute Gasteiger partial charge is 0.378 e. The number of anilines is 1. The smallest absolute Gasteiger partial charge is 0.0718 e. The number of pyridine rings is 1. The minimum absolute atomic E-state index is 0.701. The normalized spacial score (nSPS) is 10.4. The van der Waals surface area contributed by atoms with Gasteiger partial charge in [-0.3, -0.25) is 4.98 Å². The third-order valence-corrected chi connectivity index (χ3v) is 3.39. The molecule has 0 aliphatic heterocycles. The van der Waals surface area contributed by atoms with Gasteiger partial charge >= 0.3 is 0 Å². The number of nitrogens with one attached hydrogen (secondary N) is 1. The Morgan fingerprint density at radius 2 is 1.83 bits per heavy atom. The molecule has 3 heteroatoms. The summed E-state index contributed by atoms with van der Waals surface area (Å²) in [6.07, 6.45) is 3.44. The number of hydrogen-bond donors (Lipinski definition) is 1. The molecule has 0 fully saturated rings. The molecule has 2 rings (SSSR count). The van der Waals surface area contributed by atoms with Crippen LogP contribution in [0.3, 0.4) is 0 Å². The molecule has 0 atom stereocenters. The maximum Gasteiger partial charge on any atom is 0.0718 e. The van der Waals surface area contributed by atoms with E-state index in [9.17, 15) is 0 Å². The lowest BCUT2D eigenvalue weighted by atomic mass is 10.00. The molecule has 2 nitrogen and oxygen atoms in total. The summed E-state index contributed by atoms with van der Waals surface area (Å²) < 4.78 is 0. The van der Waals surface area contributed by atoms with Gasteiger partial charge in [0.15, 0.2) is 0 Å². The van der Waals surface area contributed by atoms with Crippen LogP contribution in [-0.2, 0) is 6.54 Å². The lowest BCUT2D eigenvalue weighted by Gasteiger charge is -2.13. The Balaban J connectivity index is 2.19. The van der Waals surface area contributed by atoms with Crippen LogP contribution < -0.4 is 5.32 Å². The molecule has 0 saturated heterocycles. The second-order valence-corrected chi connectivity index (χ2v) is 4.99. The fourth-order valence-corrected chi connectivity index (χ4v) is 2.35. The first kappa shape index (κ1) is 12.9. The fourth-order valence-electron chi connectivity index (χ4n) is 2.18. The first-order valence-corrected chi connectivity index (χ1v) is 6.36. The topological polar surface area (TPSA) is 24.9 Å². The zero-order valence-corrected chi connectivity index (χ0v) is 11.7. The van der Waals surface area contributed by atoms with Gasteiger partial charge in [-0.05, 0) is 43.5 Å². The Bertz CT molecular complexity index is 541. The molecule has 18 heavy (non-hydrogen) atoms. The summed E-state index contributed by atoms with van der Waals surface area (Å²) in [5.41, 5.74) is 6.10. The van der Waals surface area contributed by atoms with Crippen LogP contribution in [0.2, 0.25) is 5.02 Å². The average molecular weight is 261 g/mol. The maximum absolute atomic E-state index is 6.09. The van der Waals surface area contributed by atoms with Crippen LogP contribution in [0.25, 0.3) is 0 Å². The number of aromatic nitrogens is 1. The highest BCUT2D eigenvalue weighted by molar-refractivity contribution is 6.33. The van der Waals surface area contributed by atoms with Gasteiger partial charge in [-0.1, -0.05) is 29.3 Å². The number of nitrogens with zero attached hydrogens (tertiary/aromatic N) is 1. The van der Waals surface area contributed by atoms with Gasteiger partial charge in [0.25, 0.3) is 0 Å². The molecule has 94 valence electrons. The Labute approximate surface area is 113 Å². The summed E-state index contributed by atoms with van der Waals surface area (Å²) in [4.78, 5) is 4.07. The summed E-state index contributed by atoms with van der Waals surface area (Å²) in [5.74, 6) is 0. The van der Waals surface area contributed by atoms with E-state index in [-0.39, 0.29) is 0 Å². The zero-order valence-electron chi connectivity index (χ0n) is 10.9. The van der Waals surface area contributed by atoms with Crippen molar-refractivity contribution < 1.29 is 0 Å². The van der Waals surface area contributed by atoms with E-state index in [1.165, 1.54) is 22.3 Å². The van der Waals surface area contributed by atoms with E-state index in [1.54, 1.807) is 18.5 Å². The summed E-state index contributed by atoms with van der Waals surface area (Å²) >= 11 is 6.09. The lowest BCUT2D eigenvalue weighted by molar-refractivity contribution is 1.08. The van der Waals surface area contributed by atoms with Crippen LogP contribution in [0.5, 0.6) is 0 Å². The van der Waals surface area contributed by atoms with E-state index < -0.39 is 0 Å². The Morgan fingerprint density at radius 3 is 2.44 bits per heavy atom. The van der Waals surface area contributed by atoms with Crippen molar-refractivity contribution in [3.63, 3.8) is 0 Å². The van der Waals surface area contributed by atoms with Crippen LogP contribution in [0, 0.1) is 20.8 Å². The van der Waals surface area contributed by atoms with Crippen molar-refractivity contribution in [1.29, 1.82) is 0 Å². The second-order valence-electron chi connectivity index (χ2n) is 4.59. The molecule has 2 aromatic rings. The van der Waals surface area contributed by atoms with Gasteiger partial charge in [0, 0.05) is 12.7 Å². The highest BCUT2D eigenvalue weighted by Crippen LogP contribution is 2.22. The molecule has 0 bridgehead atoms.